The van der Waals surface area contributed by atoms with Gasteiger partial charge in [0.05, 0.1) is 6.26 Å². The molecule has 1 aromatic carbocycles. The van der Waals surface area contributed by atoms with Gasteiger partial charge in [-0.05, 0) is 24.3 Å². The second-order valence-corrected chi connectivity index (χ2v) is 7.95. The fourth-order valence-corrected chi connectivity index (χ4v) is 3.61. The van der Waals surface area contributed by atoms with Crippen LogP contribution in [0.25, 0.3) is 0 Å². The number of nitrogens with zero attached hydrogens (tertiary/aromatic N) is 1. The zero-order chi connectivity index (χ0) is 16.9. The number of hydrogen-bond donors (Lipinski definition) is 2. The van der Waals surface area contributed by atoms with Crippen LogP contribution in [0.1, 0.15) is 31.2 Å². The normalized spacial score (nSPS) is 20.1. The minimum absolute atomic E-state index is 0.132. The van der Waals surface area contributed by atoms with Crippen molar-refractivity contribution in [1.82, 2.24) is 14.9 Å². The molecule has 0 aliphatic carbocycles. The van der Waals surface area contributed by atoms with Gasteiger partial charge in [0.1, 0.15) is 0 Å². The molecule has 1 heterocycles. The molecule has 0 saturated carbocycles. The van der Waals surface area contributed by atoms with E-state index in [1.807, 2.05) is 30.3 Å². The van der Waals surface area contributed by atoms with Crippen molar-refractivity contribution in [2.45, 2.75) is 31.7 Å². The third-order valence-electron chi connectivity index (χ3n) is 4.02. The van der Waals surface area contributed by atoms with Gasteiger partial charge < -0.3 is 10.2 Å². The highest BCUT2D eigenvalue weighted by Gasteiger charge is 2.25. The highest BCUT2D eigenvalue weighted by atomic mass is 32.2. The van der Waals surface area contributed by atoms with Gasteiger partial charge in [0.2, 0.25) is 10.0 Å². The van der Waals surface area contributed by atoms with Crippen LogP contribution in [-0.4, -0.2) is 51.3 Å². The summed E-state index contributed by atoms with van der Waals surface area (Å²) < 4.78 is 25.2. The summed E-state index contributed by atoms with van der Waals surface area (Å²) in [4.78, 5) is 14.0. The molecule has 1 saturated heterocycles. The third kappa shape index (κ3) is 5.84. The highest BCUT2D eigenvalue weighted by molar-refractivity contribution is 7.88. The summed E-state index contributed by atoms with van der Waals surface area (Å²) in [6.07, 6.45) is 2.71. The van der Waals surface area contributed by atoms with E-state index in [2.05, 4.69) is 17.0 Å². The second-order valence-electron chi connectivity index (χ2n) is 6.17. The van der Waals surface area contributed by atoms with Crippen molar-refractivity contribution in [2.75, 3.05) is 25.9 Å². The first kappa shape index (κ1) is 17.7. The minimum atomic E-state index is -3.24. The number of carbonyl (C=O) groups excluding carboxylic acids is 1. The molecule has 1 aliphatic rings. The van der Waals surface area contributed by atoms with Crippen LogP contribution in [0.2, 0.25) is 0 Å². The van der Waals surface area contributed by atoms with E-state index >= 15 is 0 Å². The highest BCUT2D eigenvalue weighted by Crippen LogP contribution is 2.14. The number of likely N-dealkylation sites (tertiary alicyclic amines) is 1. The molecule has 0 unspecified atom stereocenters. The van der Waals surface area contributed by atoms with Crippen molar-refractivity contribution in [3.8, 4) is 0 Å². The molecule has 6 nitrogen and oxygen atoms in total. The lowest BCUT2D eigenvalue weighted by Crippen LogP contribution is -2.52. The molecule has 0 spiro atoms. The lowest BCUT2D eigenvalue weighted by molar-refractivity contribution is 0.177. The number of rotatable bonds is 5. The van der Waals surface area contributed by atoms with Gasteiger partial charge in [0.25, 0.3) is 0 Å². The van der Waals surface area contributed by atoms with Crippen molar-refractivity contribution in [1.29, 1.82) is 0 Å². The third-order valence-corrected chi connectivity index (χ3v) is 4.78. The Kier molecular flexibility index (Phi) is 6.01. The van der Waals surface area contributed by atoms with Gasteiger partial charge in [0, 0.05) is 25.7 Å². The molecule has 2 atom stereocenters. The van der Waals surface area contributed by atoms with Gasteiger partial charge in [-0.25, -0.2) is 17.9 Å². The lowest BCUT2D eigenvalue weighted by Gasteiger charge is -2.33. The predicted octanol–water partition coefficient (Wildman–Crippen LogP) is 1.51. The zero-order valence-electron chi connectivity index (χ0n) is 13.7. The van der Waals surface area contributed by atoms with E-state index in [9.17, 15) is 13.2 Å². The van der Waals surface area contributed by atoms with Crippen LogP contribution in [-0.2, 0) is 10.0 Å². The molecule has 0 radical (unpaired) electrons. The molecule has 128 valence electrons. The summed E-state index contributed by atoms with van der Waals surface area (Å²) in [5.74, 6) is 0.231. The summed E-state index contributed by atoms with van der Waals surface area (Å²) in [6, 6.07) is 9.70. The zero-order valence-corrected chi connectivity index (χ0v) is 14.5. The number of hydrogen-bond acceptors (Lipinski definition) is 3. The average Bonchev–Trinajstić information content (AvgIpc) is 2.51. The van der Waals surface area contributed by atoms with Crippen molar-refractivity contribution in [3.05, 3.63) is 35.9 Å². The summed E-state index contributed by atoms with van der Waals surface area (Å²) in [5.41, 5.74) is 1.18. The Bertz CT molecular complexity index is 619. The van der Waals surface area contributed by atoms with Gasteiger partial charge in [-0.2, -0.15) is 0 Å². The Morgan fingerprint density at radius 3 is 2.70 bits per heavy atom. The first-order valence-corrected chi connectivity index (χ1v) is 9.79. The summed E-state index contributed by atoms with van der Waals surface area (Å²) >= 11 is 0. The van der Waals surface area contributed by atoms with E-state index < -0.39 is 10.0 Å². The van der Waals surface area contributed by atoms with E-state index in [4.69, 9.17) is 0 Å². The molecule has 2 amide bonds. The van der Waals surface area contributed by atoms with Crippen molar-refractivity contribution < 1.29 is 13.2 Å². The summed E-state index contributed by atoms with van der Waals surface area (Å²) in [7, 11) is -3.24. The predicted molar refractivity (Wildman–Crippen MR) is 90.8 cm³/mol. The van der Waals surface area contributed by atoms with Crippen LogP contribution in [0, 0.1) is 0 Å². The van der Waals surface area contributed by atoms with Crippen molar-refractivity contribution in [3.63, 3.8) is 0 Å². The van der Waals surface area contributed by atoms with Gasteiger partial charge in [-0.3, -0.25) is 0 Å². The Balaban J connectivity index is 1.83. The van der Waals surface area contributed by atoms with Crippen molar-refractivity contribution >= 4 is 16.1 Å². The van der Waals surface area contributed by atoms with Crippen molar-refractivity contribution in [2.24, 2.45) is 0 Å². The maximum Gasteiger partial charge on any atom is 0.317 e. The first-order chi connectivity index (χ1) is 10.8. The molecule has 0 aromatic heterocycles. The SMILES string of the molecule is C[C@H](CNC(=O)N1CCC[C@@H](NS(C)(=O)=O)C1)c1ccccc1. The Morgan fingerprint density at radius 1 is 1.35 bits per heavy atom. The van der Waals surface area contributed by atoms with Gasteiger partial charge in [0.15, 0.2) is 0 Å². The maximum absolute atomic E-state index is 12.3. The smallest absolute Gasteiger partial charge is 0.317 e. The Morgan fingerprint density at radius 2 is 2.04 bits per heavy atom. The second kappa shape index (κ2) is 7.79. The van der Waals surface area contributed by atoms with E-state index in [-0.39, 0.29) is 18.0 Å². The van der Waals surface area contributed by atoms with Crippen LogP contribution in [0.4, 0.5) is 4.79 Å². The summed E-state index contributed by atoms with van der Waals surface area (Å²) in [6.45, 7) is 3.70. The van der Waals surface area contributed by atoms with Crippen LogP contribution >= 0.6 is 0 Å². The van der Waals surface area contributed by atoms with E-state index in [1.165, 1.54) is 5.56 Å². The minimum Gasteiger partial charge on any atom is -0.337 e. The van der Waals surface area contributed by atoms with Crippen LogP contribution in [0.5, 0.6) is 0 Å². The lowest BCUT2D eigenvalue weighted by atomic mass is 10.0. The van der Waals surface area contributed by atoms with Gasteiger partial charge in [-0.1, -0.05) is 37.3 Å². The molecule has 1 aliphatic heterocycles. The molecule has 2 rings (SSSR count). The molecule has 2 N–H and O–H groups in total. The maximum atomic E-state index is 12.3. The number of benzene rings is 1. The molecule has 1 aromatic rings. The first-order valence-electron chi connectivity index (χ1n) is 7.90. The topological polar surface area (TPSA) is 78.5 Å². The Labute approximate surface area is 138 Å². The van der Waals surface area contributed by atoms with E-state index in [0.29, 0.717) is 19.6 Å². The number of piperidine rings is 1. The number of urea groups is 1. The van der Waals surface area contributed by atoms with Gasteiger partial charge >= 0.3 is 6.03 Å². The largest absolute Gasteiger partial charge is 0.337 e. The molecular formula is C16H25N3O3S. The standard InChI is InChI=1S/C16H25N3O3S/c1-13(14-7-4-3-5-8-14)11-17-16(20)19-10-6-9-15(12-19)18-23(2,21)22/h3-5,7-8,13,15,18H,6,9-12H2,1-2H3,(H,17,20)/t13-,15-/m1/s1. The Hall–Kier alpha value is -1.60. The molecule has 1 fully saturated rings. The van der Waals surface area contributed by atoms with Gasteiger partial charge in [-0.15, -0.1) is 0 Å². The van der Waals surface area contributed by atoms with Crippen LogP contribution in [0.15, 0.2) is 30.3 Å². The fourth-order valence-electron chi connectivity index (χ4n) is 2.81. The fraction of sp³-hybridized carbons (Fsp3) is 0.562. The summed E-state index contributed by atoms with van der Waals surface area (Å²) in [5, 5.41) is 2.94. The molecule has 23 heavy (non-hydrogen) atoms. The molecular weight excluding hydrogens is 314 g/mol. The van der Waals surface area contributed by atoms with Crippen LogP contribution in [0.3, 0.4) is 0 Å². The number of carbonyl (C=O) groups is 1. The molecule has 7 heteroatoms. The number of nitrogens with one attached hydrogen (secondary N) is 2. The quantitative estimate of drug-likeness (QED) is 0.853. The molecule has 0 bridgehead atoms. The van der Waals surface area contributed by atoms with Crippen LogP contribution < -0.4 is 10.0 Å². The monoisotopic (exact) mass is 339 g/mol. The number of amides is 2. The average molecular weight is 339 g/mol. The van der Waals surface area contributed by atoms with E-state index in [0.717, 1.165) is 19.1 Å². The number of sulfonamides is 1. The van der Waals surface area contributed by atoms with E-state index in [1.54, 1.807) is 4.90 Å².